The lowest BCUT2D eigenvalue weighted by Crippen LogP contribution is -1.95. The van der Waals surface area contributed by atoms with E-state index in [4.69, 9.17) is 5.73 Å². The van der Waals surface area contributed by atoms with Gasteiger partial charge < -0.3 is 10.3 Å². The van der Waals surface area contributed by atoms with E-state index in [9.17, 15) is 0 Å². The Labute approximate surface area is 107 Å². The number of nitrogens with zero attached hydrogens (tertiary/aromatic N) is 1. The van der Waals surface area contributed by atoms with Gasteiger partial charge in [0.15, 0.2) is 0 Å². The van der Waals surface area contributed by atoms with E-state index in [1.165, 1.54) is 27.6 Å². The molecule has 0 saturated carbocycles. The van der Waals surface area contributed by atoms with Crippen molar-refractivity contribution in [2.75, 3.05) is 0 Å². The molecule has 18 heavy (non-hydrogen) atoms. The monoisotopic (exact) mass is 236 g/mol. The van der Waals surface area contributed by atoms with Gasteiger partial charge in [-0.1, -0.05) is 30.3 Å². The first-order valence-electron chi connectivity index (χ1n) is 6.12. The van der Waals surface area contributed by atoms with Crippen molar-refractivity contribution in [2.24, 2.45) is 12.8 Å². The molecule has 0 aliphatic rings. The van der Waals surface area contributed by atoms with Crippen LogP contribution in [0, 0.1) is 0 Å². The van der Waals surface area contributed by atoms with Gasteiger partial charge in [0.05, 0.1) is 0 Å². The first-order chi connectivity index (χ1) is 8.78. The lowest BCUT2D eigenvalue weighted by atomic mass is 10.0. The normalized spacial score (nSPS) is 11.0. The molecule has 0 saturated heterocycles. The van der Waals surface area contributed by atoms with Gasteiger partial charge in [0.25, 0.3) is 0 Å². The molecule has 0 atom stereocenters. The van der Waals surface area contributed by atoms with Crippen molar-refractivity contribution in [3.63, 3.8) is 0 Å². The standard InChI is InChI=1S/C16H16N2/c1-18-8-7-13-5-6-15(10-16(13)18)14-4-2-3-12(9-14)11-17/h2-10H,11,17H2,1H3. The van der Waals surface area contributed by atoms with E-state index in [1.807, 2.05) is 0 Å². The van der Waals surface area contributed by atoms with Gasteiger partial charge in [-0.05, 0) is 40.3 Å². The van der Waals surface area contributed by atoms with E-state index in [1.54, 1.807) is 0 Å². The molecule has 2 heteroatoms. The minimum Gasteiger partial charge on any atom is -0.351 e. The third kappa shape index (κ3) is 1.81. The number of hydrogen-bond acceptors (Lipinski definition) is 1. The summed E-state index contributed by atoms with van der Waals surface area (Å²) in [5.41, 5.74) is 10.6. The Morgan fingerprint density at radius 3 is 2.67 bits per heavy atom. The van der Waals surface area contributed by atoms with E-state index in [-0.39, 0.29) is 0 Å². The van der Waals surface area contributed by atoms with Crippen LogP contribution in [0.4, 0.5) is 0 Å². The summed E-state index contributed by atoms with van der Waals surface area (Å²) in [5.74, 6) is 0. The fourth-order valence-corrected chi connectivity index (χ4v) is 2.32. The van der Waals surface area contributed by atoms with Crippen LogP contribution in [-0.4, -0.2) is 4.57 Å². The predicted octanol–water partition coefficient (Wildman–Crippen LogP) is 3.30. The minimum atomic E-state index is 0.584. The van der Waals surface area contributed by atoms with Crippen LogP contribution in [0.1, 0.15) is 5.56 Å². The Hall–Kier alpha value is -2.06. The fourth-order valence-electron chi connectivity index (χ4n) is 2.32. The van der Waals surface area contributed by atoms with Gasteiger partial charge in [-0.2, -0.15) is 0 Å². The van der Waals surface area contributed by atoms with Crippen LogP contribution in [-0.2, 0) is 13.6 Å². The third-order valence-electron chi connectivity index (χ3n) is 3.38. The molecule has 0 aliphatic carbocycles. The van der Waals surface area contributed by atoms with Crippen LogP contribution in [0.2, 0.25) is 0 Å². The molecular formula is C16H16N2. The van der Waals surface area contributed by atoms with Gasteiger partial charge in [0.1, 0.15) is 0 Å². The maximum Gasteiger partial charge on any atom is 0.0483 e. The molecule has 1 heterocycles. The van der Waals surface area contributed by atoms with Gasteiger partial charge in [-0.25, -0.2) is 0 Å². The number of aromatic nitrogens is 1. The molecule has 0 spiro atoms. The van der Waals surface area contributed by atoms with Crippen molar-refractivity contribution >= 4 is 10.9 Å². The lowest BCUT2D eigenvalue weighted by molar-refractivity contribution is 0.969. The summed E-state index contributed by atoms with van der Waals surface area (Å²) in [6.07, 6.45) is 2.09. The first-order valence-corrected chi connectivity index (χ1v) is 6.12. The van der Waals surface area contributed by atoms with Gasteiger partial charge in [-0.15, -0.1) is 0 Å². The molecule has 0 bridgehead atoms. The fraction of sp³-hybridized carbons (Fsp3) is 0.125. The molecule has 2 N–H and O–H groups in total. The quantitative estimate of drug-likeness (QED) is 0.727. The van der Waals surface area contributed by atoms with Crippen molar-refractivity contribution in [3.05, 3.63) is 60.3 Å². The Kier molecular flexibility index (Phi) is 2.65. The summed E-state index contributed by atoms with van der Waals surface area (Å²) in [5, 5.41) is 1.27. The first kappa shape index (κ1) is 11.1. The van der Waals surface area contributed by atoms with Gasteiger partial charge in [-0.3, -0.25) is 0 Å². The largest absolute Gasteiger partial charge is 0.351 e. The molecule has 2 aromatic carbocycles. The average Bonchev–Trinajstić information content (AvgIpc) is 2.80. The molecule has 3 aromatic rings. The number of hydrogen-bond donors (Lipinski definition) is 1. The number of nitrogens with two attached hydrogens (primary N) is 1. The Morgan fingerprint density at radius 2 is 1.83 bits per heavy atom. The van der Waals surface area contributed by atoms with Gasteiger partial charge in [0.2, 0.25) is 0 Å². The maximum absolute atomic E-state index is 5.69. The highest BCUT2D eigenvalue weighted by atomic mass is 14.9. The van der Waals surface area contributed by atoms with Crippen LogP contribution in [0.5, 0.6) is 0 Å². The highest BCUT2D eigenvalue weighted by Crippen LogP contribution is 2.25. The zero-order valence-corrected chi connectivity index (χ0v) is 10.4. The van der Waals surface area contributed by atoms with Crippen molar-refractivity contribution in [2.45, 2.75) is 6.54 Å². The van der Waals surface area contributed by atoms with Crippen LogP contribution >= 0.6 is 0 Å². The second-order valence-electron chi connectivity index (χ2n) is 4.60. The molecule has 0 fully saturated rings. The van der Waals surface area contributed by atoms with Crippen molar-refractivity contribution < 1.29 is 0 Å². The van der Waals surface area contributed by atoms with Gasteiger partial charge in [0, 0.05) is 25.3 Å². The number of rotatable bonds is 2. The smallest absolute Gasteiger partial charge is 0.0483 e. The zero-order chi connectivity index (χ0) is 12.5. The molecule has 0 amide bonds. The number of fused-ring (bicyclic) bond motifs is 1. The molecule has 0 radical (unpaired) electrons. The molecular weight excluding hydrogens is 220 g/mol. The summed E-state index contributed by atoms with van der Waals surface area (Å²) in [6.45, 7) is 0.584. The van der Waals surface area contributed by atoms with Crippen LogP contribution in [0.25, 0.3) is 22.0 Å². The van der Waals surface area contributed by atoms with Gasteiger partial charge >= 0.3 is 0 Å². The topological polar surface area (TPSA) is 30.9 Å². The molecule has 0 aliphatic heterocycles. The average molecular weight is 236 g/mol. The third-order valence-corrected chi connectivity index (χ3v) is 3.38. The second kappa shape index (κ2) is 4.31. The summed E-state index contributed by atoms with van der Waals surface area (Å²) in [7, 11) is 2.07. The van der Waals surface area contributed by atoms with E-state index >= 15 is 0 Å². The van der Waals surface area contributed by atoms with Crippen LogP contribution in [0.3, 0.4) is 0 Å². The van der Waals surface area contributed by atoms with Crippen LogP contribution < -0.4 is 5.73 Å². The highest BCUT2D eigenvalue weighted by Gasteiger charge is 2.02. The maximum atomic E-state index is 5.69. The summed E-state index contributed by atoms with van der Waals surface area (Å²) in [6, 6.07) is 17.1. The van der Waals surface area contributed by atoms with Crippen molar-refractivity contribution in [3.8, 4) is 11.1 Å². The Morgan fingerprint density at radius 1 is 1.00 bits per heavy atom. The predicted molar refractivity (Wildman–Crippen MR) is 76.2 cm³/mol. The van der Waals surface area contributed by atoms with Crippen LogP contribution in [0.15, 0.2) is 54.7 Å². The number of benzene rings is 2. The molecule has 90 valence electrons. The van der Waals surface area contributed by atoms with E-state index < -0.39 is 0 Å². The minimum absolute atomic E-state index is 0.584. The van der Waals surface area contributed by atoms with E-state index in [0.29, 0.717) is 6.54 Å². The highest BCUT2D eigenvalue weighted by molar-refractivity contribution is 5.85. The van der Waals surface area contributed by atoms with Crippen molar-refractivity contribution in [1.82, 2.24) is 4.57 Å². The SMILES string of the molecule is Cn1ccc2ccc(-c3cccc(CN)c3)cc21. The lowest BCUT2D eigenvalue weighted by Gasteiger charge is -2.05. The summed E-state index contributed by atoms with van der Waals surface area (Å²) in [4.78, 5) is 0. The zero-order valence-electron chi connectivity index (χ0n) is 10.4. The van der Waals surface area contributed by atoms with Crippen molar-refractivity contribution in [1.29, 1.82) is 0 Å². The van der Waals surface area contributed by atoms with E-state index in [2.05, 4.69) is 66.3 Å². The molecule has 3 rings (SSSR count). The van der Waals surface area contributed by atoms with E-state index in [0.717, 1.165) is 0 Å². The Bertz CT molecular complexity index is 695. The summed E-state index contributed by atoms with van der Waals surface area (Å²) < 4.78 is 2.14. The molecule has 0 unspecified atom stereocenters. The molecule has 2 nitrogen and oxygen atoms in total. The molecule has 1 aromatic heterocycles. The summed E-state index contributed by atoms with van der Waals surface area (Å²) >= 11 is 0. The second-order valence-corrected chi connectivity index (χ2v) is 4.60. The number of aryl methyl sites for hydroxylation is 1. The Balaban J connectivity index is 2.15.